The Hall–Kier alpha value is -2.34. The van der Waals surface area contributed by atoms with Crippen LogP contribution in [-0.2, 0) is 16.1 Å². The van der Waals surface area contributed by atoms with Gasteiger partial charge in [-0.05, 0) is 31.1 Å². The molecule has 0 unspecified atom stereocenters. The zero-order valence-electron chi connectivity index (χ0n) is 13.7. The molecule has 1 amide bonds. The highest BCUT2D eigenvalue weighted by Crippen LogP contribution is 2.16. The Morgan fingerprint density at radius 3 is 2.79 bits per heavy atom. The van der Waals surface area contributed by atoms with Gasteiger partial charge >= 0.3 is 0 Å². The Balaban J connectivity index is 1.34. The minimum atomic E-state index is 0.0399. The number of nitrogens with zero attached hydrogens (tertiary/aromatic N) is 3. The molecule has 1 fully saturated rings. The zero-order valence-corrected chi connectivity index (χ0v) is 13.7. The van der Waals surface area contributed by atoms with Crippen LogP contribution in [0.15, 0.2) is 36.1 Å². The average Bonchev–Trinajstić information content (AvgIpc) is 3.05. The number of allylic oxidation sites excluding steroid dienone is 1. The van der Waals surface area contributed by atoms with Crippen molar-refractivity contribution in [1.29, 1.82) is 0 Å². The van der Waals surface area contributed by atoms with Crippen molar-refractivity contribution in [3.8, 4) is 0 Å². The minimum absolute atomic E-state index is 0.0399. The third kappa shape index (κ3) is 3.14. The van der Waals surface area contributed by atoms with E-state index >= 15 is 0 Å². The van der Waals surface area contributed by atoms with E-state index in [1.807, 2.05) is 35.2 Å². The lowest BCUT2D eigenvalue weighted by Crippen LogP contribution is -2.49. The molecule has 2 aliphatic heterocycles. The number of para-hydroxylation sites is 2. The molecule has 0 spiro atoms. The van der Waals surface area contributed by atoms with Gasteiger partial charge in [-0.15, -0.1) is 0 Å². The molecular weight excluding hydrogens is 304 g/mol. The van der Waals surface area contributed by atoms with Crippen LogP contribution in [0.4, 0.5) is 0 Å². The van der Waals surface area contributed by atoms with Gasteiger partial charge in [0.05, 0.1) is 24.2 Å². The molecule has 6 heteroatoms. The Bertz CT molecular complexity index is 726. The van der Waals surface area contributed by atoms with Crippen LogP contribution in [-0.4, -0.2) is 58.5 Å². The van der Waals surface area contributed by atoms with Crippen LogP contribution in [0, 0.1) is 0 Å². The SMILES string of the molecule is O=C(C1=CCCCO1)N1CCN(Cc2nc3ccccc3[nH]2)CC1. The quantitative estimate of drug-likeness (QED) is 0.936. The van der Waals surface area contributed by atoms with Gasteiger partial charge in [-0.1, -0.05) is 12.1 Å². The van der Waals surface area contributed by atoms with Crippen LogP contribution in [0.1, 0.15) is 18.7 Å². The molecule has 1 N–H and O–H groups in total. The highest BCUT2D eigenvalue weighted by Gasteiger charge is 2.25. The third-order valence-corrected chi connectivity index (χ3v) is 4.62. The van der Waals surface area contributed by atoms with Crippen LogP contribution >= 0.6 is 0 Å². The molecule has 0 saturated carbocycles. The first-order valence-corrected chi connectivity index (χ1v) is 8.58. The van der Waals surface area contributed by atoms with E-state index in [-0.39, 0.29) is 5.91 Å². The van der Waals surface area contributed by atoms with Crippen molar-refractivity contribution < 1.29 is 9.53 Å². The molecule has 1 saturated heterocycles. The summed E-state index contributed by atoms with van der Waals surface area (Å²) in [6, 6.07) is 8.07. The Kier molecular flexibility index (Phi) is 4.21. The lowest BCUT2D eigenvalue weighted by atomic mass is 10.2. The molecule has 1 aromatic carbocycles. The number of piperazine rings is 1. The number of H-pyrrole nitrogens is 1. The van der Waals surface area contributed by atoms with Gasteiger partial charge in [0.15, 0.2) is 5.76 Å². The van der Waals surface area contributed by atoms with Crippen LogP contribution in [0.3, 0.4) is 0 Å². The van der Waals surface area contributed by atoms with Crippen LogP contribution in [0.25, 0.3) is 11.0 Å². The first-order valence-electron chi connectivity index (χ1n) is 8.58. The fourth-order valence-electron chi connectivity index (χ4n) is 3.26. The van der Waals surface area contributed by atoms with Crippen molar-refractivity contribution >= 4 is 16.9 Å². The number of ether oxygens (including phenoxy) is 1. The van der Waals surface area contributed by atoms with Crippen molar-refractivity contribution in [3.05, 3.63) is 41.9 Å². The summed E-state index contributed by atoms with van der Waals surface area (Å²) < 4.78 is 5.49. The fourth-order valence-corrected chi connectivity index (χ4v) is 3.26. The van der Waals surface area contributed by atoms with E-state index in [1.165, 1.54) is 0 Å². The molecule has 1 aromatic heterocycles. The van der Waals surface area contributed by atoms with Crippen molar-refractivity contribution in [2.75, 3.05) is 32.8 Å². The molecule has 0 radical (unpaired) electrons. The zero-order chi connectivity index (χ0) is 16.4. The smallest absolute Gasteiger partial charge is 0.288 e. The summed E-state index contributed by atoms with van der Waals surface area (Å²) in [6.45, 7) is 4.63. The molecule has 6 nitrogen and oxygen atoms in total. The lowest BCUT2D eigenvalue weighted by molar-refractivity contribution is -0.133. The van der Waals surface area contributed by atoms with Gasteiger partial charge in [0.2, 0.25) is 0 Å². The van der Waals surface area contributed by atoms with E-state index in [4.69, 9.17) is 4.74 Å². The maximum absolute atomic E-state index is 12.4. The van der Waals surface area contributed by atoms with Gasteiger partial charge in [-0.2, -0.15) is 0 Å². The monoisotopic (exact) mass is 326 g/mol. The molecule has 2 aliphatic rings. The average molecular weight is 326 g/mol. The molecule has 0 aliphatic carbocycles. The van der Waals surface area contributed by atoms with Crippen LogP contribution in [0.2, 0.25) is 0 Å². The van der Waals surface area contributed by atoms with Crippen LogP contribution < -0.4 is 0 Å². The maximum atomic E-state index is 12.4. The summed E-state index contributed by atoms with van der Waals surface area (Å²) in [5, 5.41) is 0. The number of rotatable bonds is 3. The largest absolute Gasteiger partial charge is 0.488 e. The van der Waals surface area contributed by atoms with Gasteiger partial charge in [0, 0.05) is 26.2 Å². The topological polar surface area (TPSA) is 61.5 Å². The molecule has 0 atom stereocenters. The van der Waals surface area contributed by atoms with Gasteiger partial charge in [0.25, 0.3) is 5.91 Å². The number of hydrogen-bond acceptors (Lipinski definition) is 4. The van der Waals surface area contributed by atoms with Crippen molar-refractivity contribution in [2.24, 2.45) is 0 Å². The summed E-state index contributed by atoms with van der Waals surface area (Å²) in [4.78, 5) is 24.7. The van der Waals surface area contributed by atoms with E-state index in [0.29, 0.717) is 12.4 Å². The third-order valence-electron chi connectivity index (χ3n) is 4.62. The predicted molar refractivity (Wildman–Crippen MR) is 91.2 cm³/mol. The van der Waals surface area contributed by atoms with Crippen molar-refractivity contribution in [1.82, 2.24) is 19.8 Å². The number of carbonyl (C=O) groups is 1. The van der Waals surface area contributed by atoms with Crippen LogP contribution in [0.5, 0.6) is 0 Å². The second kappa shape index (κ2) is 6.65. The number of aromatic nitrogens is 2. The Morgan fingerprint density at radius 1 is 1.21 bits per heavy atom. The molecular formula is C18H22N4O2. The molecule has 2 aromatic rings. The number of hydrogen-bond donors (Lipinski definition) is 1. The molecule has 24 heavy (non-hydrogen) atoms. The first-order chi connectivity index (χ1) is 11.8. The number of amides is 1. The molecule has 4 rings (SSSR count). The highest BCUT2D eigenvalue weighted by molar-refractivity contribution is 5.91. The number of carbonyl (C=O) groups excluding carboxylic acids is 1. The van der Waals surface area contributed by atoms with E-state index in [1.54, 1.807) is 0 Å². The summed E-state index contributed by atoms with van der Waals surface area (Å²) in [5.41, 5.74) is 2.07. The fraction of sp³-hybridized carbons (Fsp3) is 0.444. The number of aromatic amines is 1. The van der Waals surface area contributed by atoms with E-state index in [0.717, 1.165) is 62.4 Å². The molecule has 3 heterocycles. The lowest BCUT2D eigenvalue weighted by Gasteiger charge is -2.34. The highest BCUT2D eigenvalue weighted by atomic mass is 16.5. The summed E-state index contributed by atoms with van der Waals surface area (Å²) in [7, 11) is 0. The molecule has 126 valence electrons. The summed E-state index contributed by atoms with van der Waals surface area (Å²) in [6.07, 6.45) is 3.86. The van der Waals surface area contributed by atoms with E-state index in [9.17, 15) is 4.79 Å². The van der Waals surface area contributed by atoms with Gasteiger partial charge in [-0.25, -0.2) is 4.98 Å². The second-order valence-corrected chi connectivity index (χ2v) is 6.33. The normalized spacial score (nSPS) is 19.2. The number of fused-ring (bicyclic) bond motifs is 1. The summed E-state index contributed by atoms with van der Waals surface area (Å²) in [5.74, 6) is 1.55. The predicted octanol–water partition coefficient (Wildman–Crippen LogP) is 1.90. The number of benzene rings is 1. The number of imidazole rings is 1. The maximum Gasteiger partial charge on any atom is 0.288 e. The standard InChI is InChI=1S/C18H22N4O2/c23-18(16-7-3-4-12-24-16)22-10-8-21(9-11-22)13-17-19-14-5-1-2-6-15(14)20-17/h1-2,5-7H,3-4,8-13H2,(H,19,20). The summed E-state index contributed by atoms with van der Waals surface area (Å²) >= 11 is 0. The molecule has 0 bridgehead atoms. The van der Waals surface area contributed by atoms with Crippen molar-refractivity contribution in [2.45, 2.75) is 19.4 Å². The van der Waals surface area contributed by atoms with Gasteiger partial charge in [-0.3, -0.25) is 9.69 Å². The van der Waals surface area contributed by atoms with Gasteiger partial charge < -0.3 is 14.6 Å². The second-order valence-electron chi connectivity index (χ2n) is 6.33. The first kappa shape index (κ1) is 15.2. The minimum Gasteiger partial charge on any atom is -0.488 e. The Morgan fingerprint density at radius 2 is 2.04 bits per heavy atom. The Labute approximate surface area is 141 Å². The van der Waals surface area contributed by atoms with Gasteiger partial charge in [0.1, 0.15) is 5.82 Å². The number of nitrogens with one attached hydrogen (secondary N) is 1. The van der Waals surface area contributed by atoms with E-state index < -0.39 is 0 Å². The van der Waals surface area contributed by atoms with Crippen molar-refractivity contribution in [3.63, 3.8) is 0 Å². The van der Waals surface area contributed by atoms with E-state index in [2.05, 4.69) is 14.9 Å².